The van der Waals surface area contributed by atoms with Crippen molar-refractivity contribution in [2.75, 3.05) is 0 Å². The van der Waals surface area contributed by atoms with Crippen molar-refractivity contribution < 1.29 is 55.3 Å². The topological polar surface area (TPSA) is 232 Å². The molecule has 0 bridgehead atoms. The standard InChI is InChI=1S/C20H13F2N3O2S.C15H9BrF2N2O2S.C8H5Br2NS.C8H6BrNS.C7H5F2NO2/c21-13-2-3-15(19(22)18(13)20(23)26)27-10-17-25-14-9-12(1-4-16(14)28-17)11-5-7-24-8-6-11;16-7-1-4-11-9(5-7)20-12(23-11)6-22-10-3-2-8(17)13(14(10)18)15(19)21;9-4-8-11-6-3-5(10)1-2-7(6)12-8;1-5-10-7-4-6(9)2-3-8(7)11-5;8-3-1-2-4(11)6(9)5(3)7(10)12/h1-9H,10H2,(H2,23,26);1-5H,6H2,(H2,19,21);1-3H,4H2;2-4H,1H3;1-2,11H,(H2,10,12). The molecule has 0 spiro atoms. The van der Waals surface area contributed by atoms with Crippen LogP contribution in [0.15, 0.2) is 147 Å². The van der Waals surface area contributed by atoms with Gasteiger partial charge in [0.05, 0.1) is 51.2 Å². The summed E-state index contributed by atoms with van der Waals surface area (Å²) >= 11 is 19.8. The molecule has 86 heavy (non-hydrogen) atoms. The summed E-state index contributed by atoms with van der Waals surface area (Å²) in [5.74, 6) is -11.6. The molecule has 14 nitrogen and oxygen atoms in total. The number of aromatic nitrogens is 5. The summed E-state index contributed by atoms with van der Waals surface area (Å²) in [5.41, 5.74) is 17.9. The molecule has 12 rings (SSSR count). The average molecular weight is 1500 g/mol. The number of aromatic hydroxyl groups is 1. The van der Waals surface area contributed by atoms with Crippen molar-refractivity contribution in [2.24, 2.45) is 17.2 Å². The number of rotatable bonds is 11. The van der Waals surface area contributed by atoms with Crippen LogP contribution in [0.2, 0.25) is 0 Å². The molecule has 0 aliphatic rings. The minimum Gasteiger partial charge on any atom is -0.505 e. The fourth-order valence-electron chi connectivity index (χ4n) is 7.58. The molecule has 3 amide bonds. The number of aryl methyl sites for hydroxylation is 1. The highest BCUT2D eigenvalue weighted by atomic mass is 79.9. The number of nitrogens with zero attached hydrogens (tertiary/aromatic N) is 5. The van der Waals surface area contributed by atoms with Crippen molar-refractivity contribution in [3.63, 3.8) is 0 Å². The third-order valence-electron chi connectivity index (χ3n) is 11.4. The van der Waals surface area contributed by atoms with Crippen LogP contribution in [-0.2, 0) is 18.5 Å². The van der Waals surface area contributed by atoms with E-state index in [-0.39, 0.29) is 24.7 Å². The van der Waals surface area contributed by atoms with Gasteiger partial charge in [0, 0.05) is 25.8 Å². The number of hydrogen-bond donors (Lipinski definition) is 4. The Morgan fingerprint density at radius 3 is 1.30 bits per heavy atom. The lowest BCUT2D eigenvalue weighted by Crippen LogP contribution is -2.16. The summed E-state index contributed by atoms with van der Waals surface area (Å²) in [7, 11) is 0. The van der Waals surface area contributed by atoms with Crippen LogP contribution in [-0.4, -0.2) is 47.7 Å². The van der Waals surface area contributed by atoms with Gasteiger partial charge in [-0.05, 0) is 133 Å². The summed E-state index contributed by atoms with van der Waals surface area (Å²) in [6, 6.07) is 33.4. The van der Waals surface area contributed by atoms with E-state index in [1.807, 2.05) is 79.7 Å². The van der Waals surface area contributed by atoms with Gasteiger partial charge < -0.3 is 31.8 Å². The fraction of sp³-hybridized carbons (Fsp3) is 0.0690. The number of phenols is 1. The maximum atomic E-state index is 14.2. The van der Waals surface area contributed by atoms with E-state index in [4.69, 9.17) is 26.0 Å². The number of pyridine rings is 1. The van der Waals surface area contributed by atoms with Gasteiger partial charge in [0.2, 0.25) is 0 Å². The lowest BCUT2D eigenvalue weighted by atomic mass is 10.1. The Kier molecular flexibility index (Phi) is 22.0. The van der Waals surface area contributed by atoms with Gasteiger partial charge in [-0.1, -0.05) is 69.8 Å². The van der Waals surface area contributed by atoms with Gasteiger partial charge in [0.15, 0.2) is 34.7 Å². The van der Waals surface area contributed by atoms with Gasteiger partial charge in [0.1, 0.15) is 62.4 Å². The molecule has 0 unspecified atom stereocenters. The van der Waals surface area contributed by atoms with Gasteiger partial charge in [-0.3, -0.25) is 19.4 Å². The molecule has 12 aromatic rings. The number of phenolic OH excluding ortho intramolecular Hbond substituents is 1. The number of primary amides is 3. The molecule has 0 saturated heterocycles. The van der Waals surface area contributed by atoms with E-state index in [1.165, 1.54) is 32.1 Å². The largest absolute Gasteiger partial charge is 0.505 e. The molecular formula is C58H38Br4F6N8O6S4. The summed E-state index contributed by atoms with van der Waals surface area (Å²) < 4.78 is 98.8. The Morgan fingerprint density at radius 2 is 0.860 bits per heavy atom. The van der Waals surface area contributed by atoms with Crippen LogP contribution in [0.1, 0.15) is 51.1 Å². The normalized spacial score (nSPS) is 10.7. The highest BCUT2D eigenvalue weighted by Gasteiger charge is 2.22. The second kappa shape index (κ2) is 29.3. The van der Waals surface area contributed by atoms with Crippen molar-refractivity contribution in [3.05, 3.63) is 219 Å². The molecule has 5 aromatic heterocycles. The average Bonchev–Trinajstić information content (AvgIpc) is 3.91. The summed E-state index contributed by atoms with van der Waals surface area (Å²) in [5, 5.41) is 13.1. The summed E-state index contributed by atoms with van der Waals surface area (Å²) in [6.45, 7) is 2.00. The monoisotopic (exact) mass is 1500 g/mol. The minimum atomic E-state index is -1.33. The minimum absolute atomic E-state index is 0.00226. The van der Waals surface area contributed by atoms with Crippen LogP contribution in [0.5, 0.6) is 17.2 Å². The zero-order valence-electron chi connectivity index (χ0n) is 43.7. The predicted octanol–water partition coefficient (Wildman–Crippen LogP) is 16.4. The smallest absolute Gasteiger partial charge is 0.254 e. The van der Waals surface area contributed by atoms with E-state index in [2.05, 4.69) is 107 Å². The van der Waals surface area contributed by atoms with Gasteiger partial charge >= 0.3 is 0 Å². The van der Waals surface area contributed by atoms with Crippen LogP contribution < -0.4 is 26.7 Å². The number of alkyl halides is 1. The molecule has 0 aliphatic carbocycles. The second-order valence-corrected chi connectivity index (χ2v) is 25.2. The molecule has 0 saturated carbocycles. The number of thiazole rings is 4. The van der Waals surface area contributed by atoms with Gasteiger partial charge in [0.25, 0.3) is 17.7 Å². The Morgan fingerprint density at radius 1 is 0.477 bits per heavy atom. The first-order valence-electron chi connectivity index (χ1n) is 24.3. The third kappa shape index (κ3) is 16.3. The number of nitrogens with two attached hydrogens (primary N) is 3. The predicted molar refractivity (Wildman–Crippen MR) is 337 cm³/mol. The van der Waals surface area contributed by atoms with E-state index >= 15 is 0 Å². The lowest BCUT2D eigenvalue weighted by molar-refractivity contribution is 0.0982. The second-order valence-electron chi connectivity index (χ2n) is 17.3. The van der Waals surface area contributed by atoms with E-state index in [9.17, 15) is 40.7 Å². The number of ether oxygens (including phenoxy) is 2. The highest BCUT2D eigenvalue weighted by Crippen LogP contribution is 2.32. The zero-order valence-corrected chi connectivity index (χ0v) is 53.3. The Balaban J connectivity index is 0.000000148. The number of amides is 3. The van der Waals surface area contributed by atoms with E-state index in [0.717, 1.165) is 108 Å². The highest BCUT2D eigenvalue weighted by molar-refractivity contribution is 9.11. The van der Waals surface area contributed by atoms with Crippen LogP contribution in [0, 0.1) is 41.8 Å². The molecule has 440 valence electrons. The van der Waals surface area contributed by atoms with Crippen LogP contribution in [0.3, 0.4) is 0 Å². The molecule has 5 heterocycles. The number of hydrogen-bond acceptors (Lipinski definition) is 15. The van der Waals surface area contributed by atoms with Gasteiger partial charge in [-0.2, -0.15) is 0 Å². The Labute approximate surface area is 533 Å². The number of halogens is 10. The number of benzene rings is 7. The summed E-state index contributed by atoms with van der Waals surface area (Å²) in [4.78, 5) is 54.4. The molecule has 0 aliphatic heterocycles. The van der Waals surface area contributed by atoms with Gasteiger partial charge in [-0.15, -0.1) is 45.3 Å². The zero-order chi connectivity index (χ0) is 61.9. The fourth-order valence-corrected chi connectivity index (χ4v) is 12.4. The number of carbonyl (C=O) groups is 3. The Bertz CT molecular complexity index is 4480. The number of carbonyl (C=O) groups excluding carboxylic acids is 3. The van der Waals surface area contributed by atoms with Crippen molar-refractivity contribution in [1.82, 2.24) is 24.9 Å². The maximum Gasteiger partial charge on any atom is 0.254 e. The first-order chi connectivity index (χ1) is 41.1. The van der Waals surface area contributed by atoms with Crippen LogP contribution >= 0.6 is 109 Å². The first-order valence-corrected chi connectivity index (χ1v) is 31.1. The molecular weight excluding hydrogens is 1470 g/mol. The lowest BCUT2D eigenvalue weighted by Gasteiger charge is -2.08. The first kappa shape index (κ1) is 64.6. The van der Waals surface area contributed by atoms with Gasteiger partial charge in [-0.25, -0.2) is 46.3 Å². The third-order valence-corrected chi connectivity index (χ3v) is 17.8. The van der Waals surface area contributed by atoms with E-state index in [0.29, 0.717) is 10.0 Å². The molecule has 28 heteroatoms. The van der Waals surface area contributed by atoms with Crippen molar-refractivity contribution in [3.8, 4) is 28.4 Å². The Hall–Kier alpha value is -7.44. The SMILES string of the molecule is BrCc1nc2cc(Br)ccc2s1.Cc1nc2cc(Br)ccc2s1.NC(=O)c1c(F)ccc(O)c1F.NC(=O)c1c(F)ccc(OCc2nc3cc(-c4ccncc4)ccc3s2)c1F.NC(=O)c1c(F)ccc(OCc2nc3cc(Br)ccc3s2)c1F. The molecule has 7 aromatic carbocycles. The molecule has 0 fully saturated rings. The van der Waals surface area contributed by atoms with E-state index in [1.54, 1.807) is 35.1 Å². The molecule has 7 N–H and O–H groups in total. The summed E-state index contributed by atoms with van der Waals surface area (Å²) in [6.07, 6.45) is 3.44. The van der Waals surface area contributed by atoms with Crippen molar-refractivity contribution in [1.29, 1.82) is 0 Å². The van der Waals surface area contributed by atoms with Crippen molar-refractivity contribution in [2.45, 2.75) is 25.5 Å². The van der Waals surface area contributed by atoms with Crippen molar-refractivity contribution >= 4 is 168 Å². The maximum absolute atomic E-state index is 14.2. The van der Waals surface area contributed by atoms with E-state index < -0.39 is 75.1 Å². The van der Waals surface area contributed by atoms with Crippen LogP contribution in [0.25, 0.3) is 52.0 Å². The molecule has 0 atom stereocenters. The number of fused-ring (bicyclic) bond motifs is 4. The van der Waals surface area contributed by atoms with Crippen LogP contribution in [0.4, 0.5) is 26.3 Å². The molecule has 0 radical (unpaired) electrons. The quantitative estimate of drug-likeness (QED) is 0.0702.